The molecule has 0 unspecified atom stereocenters. The van der Waals surface area contributed by atoms with E-state index < -0.39 is 61.1 Å². The summed E-state index contributed by atoms with van der Waals surface area (Å²) in [5.41, 5.74) is 0. The maximum atomic E-state index is 10.2. The van der Waals surface area contributed by atoms with E-state index in [1.165, 1.54) is 0 Å². The summed E-state index contributed by atoms with van der Waals surface area (Å²) in [4.78, 5) is 59.3. The summed E-state index contributed by atoms with van der Waals surface area (Å²) in [6, 6.07) is 0. The number of carbonyl (C=O) groups excluding carboxylic acids is 3. The molecule has 0 saturated heterocycles. The van der Waals surface area contributed by atoms with Gasteiger partial charge >= 0.3 is 17.9 Å². The van der Waals surface area contributed by atoms with E-state index in [0.29, 0.717) is 0 Å². The summed E-state index contributed by atoms with van der Waals surface area (Å²) < 4.78 is 0. The van der Waals surface area contributed by atoms with E-state index >= 15 is 0 Å². The van der Waals surface area contributed by atoms with E-state index in [1.807, 2.05) is 0 Å². The van der Waals surface area contributed by atoms with Gasteiger partial charge in [0.2, 0.25) is 5.78 Å². The second-order valence-corrected chi connectivity index (χ2v) is 3.23. The topological polar surface area (TPSA) is 186 Å². The van der Waals surface area contributed by atoms with Crippen molar-refractivity contribution >= 4 is 35.4 Å². The van der Waals surface area contributed by atoms with Gasteiger partial charge < -0.3 is 25.2 Å². The predicted octanol–water partition coefficient (Wildman–Crippen LogP) is -2.32. The maximum Gasteiger partial charge on any atom is 0.372 e. The van der Waals surface area contributed by atoms with E-state index in [-0.39, 0.29) is 0 Å². The summed E-state index contributed by atoms with van der Waals surface area (Å²) in [6.07, 6.45) is -1.83. The largest absolute Gasteiger partial charge is 0.542 e. The van der Waals surface area contributed by atoms with Crippen molar-refractivity contribution in [3.05, 3.63) is 0 Å². The maximum absolute atomic E-state index is 10.2. The van der Waals surface area contributed by atoms with Gasteiger partial charge in [-0.3, -0.25) is 19.2 Å². The van der Waals surface area contributed by atoms with Crippen molar-refractivity contribution in [3.63, 3.8) is 0 Å². The molecule has 0 spiro atoms. The van der Waals surface area contributed by atoms with Crippen molar-refractivity contribution < 1.29 is 49.2 Å². The summed E-state index contributed by atoms with van der Waals surface area (Å²) >= 11 is 0. The molecule has 0 radical (unpaired) electrons. The van der Waals surface area contributed by atoms with Crippen molar-refractivity contribution in [1.82, 2.24) is 0 Å². The number of ketones is 2. The van der Waals surface area contributed by atoms with Gasteiger partial charge in [-0.25, -0.2) is 4.79 Å². The van der Waals surface area contributed by atoms with Crippen LogP contribution in [0.25, 0.3) is 0 Å². The standard InChI is InChI=1S/2C5H6O5/c2*6-3(5(9)10)1-2-4(7)8/h2*1-2H2,(H,7,8)(H,9,10)/p-1. The summed E-state index contributed by atoms with van der Waals surface area (Å²) in [5.74, 6) is -8.03. The first-order valence-electron chi connectivity index (χ1n) is 5.01. The van der Waals surface area contributed by atoms with Crippen LogP contribution in [0.3, 0.4) is 0 Å². The molecule has 3 N–H and O–H groups in total. The molecule has 0 aromatic carbocycles. The number of Topliss-reactive ketones (excluding diaryl/α,β-unsaturated/α-hetero) is 2. The third-order valence-electron chi connectivity index (χ3n) is 1.60. The van der Waals surface area contributed by atoms with Gasteiger partial charge in [-0.05, 0) is 0 Å². The Balaban J connectivity index is 0. The molecule has 0 aliphatic carbocycles. The zero-order chi connectivity index (χ0) is 16.3. The molecular formula is C10H11O10-. The molecule has 0 aromatic rings. The molecule has 0 atom stereocenters. The minimum Gasteiger partial charge on any atom is -0.542 e. The molecule has 0 saturated carbocycles. The lowest BCUT2D eigenvalue weighted by atomic mass is 10.2. The third kappa shape index (κ3) is 13.3. The molecule has 0 amide bonds. The molecule has 20 heavy (non-hydrogen) atoms. The van der Waals surface area contributed by atoms with E-state index in [9.17, 15) is 33.9 Å². The molecule has 0 bridgehead atoms. The monoisotopic (exact) mass is 291 g/mol. The van der Waals surface area contributed by atoms with Gasteiger partial charge in [0.1, 0.15) is 5.97 Å². The summed E-state index contributed by atoms with van der Waals surface area (Å²) in [6.45, 7) is 0. The van der Waals surface area contributed by atoms with Crippen LogP contribution in [0, 0.1) is 0 Å². The second kappa shape index (κ2) is 10.2. The molecule has 0 heterocycles. The Hall–Kier alpha value is -2.78. The van der Waals surface area contributed by atoms with Crippen LogP contribution >= 0.6 is 0 Å². The normalized spacial score (nSPS) is 8.80. The highest BCUT2D eigenvalue weighted by atomic mass is 16.4. The summed E-state index contributed by atoms with van der Waals surface area (Å²) in [5, 5.41) is 33.6. The minimum atomic E-state index is -1.83. The molecule has 0 fully saturated rings. The predicted molar refractivity (Wildman–Crippen MR) is 56.4 cm³/mol. The van der Waals surface area contributed by atoms with Gasteiger partial charge in [-0.15, -0.1) is 0 Å². The van der Waals surface area contributed by atoms with Crippen molar-refractivity contribution in [2.24, 2.45) is 0 Å². The van der Waals surface area contributed by atoms with Gasteiger partial charge in [0.15, 0.2) is 5.78 Å². The summed E-state index contributed by atoms with van der Waals surface area (Å²) in [7, 11) is 0. The minimum absolute atomic E-state index is 0.425. The van der Waals surface area contributed by atoms with Crippen molar-refractivity contribution in [2.45, 2.75) is 25.7 Å². The van der Waals surface area contributed by atoms with Crippen LogP contribution in [0.2, 0.25) is 0 Å². The first-order chi connectivity index (χ1) is 9.07. The molecule has 112 valence electrons. The fraction of sp³-hybridized carbons (Fsp3) is 0.400. The Morgan fingerprint density at radius 3 is 1.25 bits per heavy atom. The van der Waals surface area contributed by atoms with E-state index in [0.717, 1.165) is 0 Å². The van der Waals surface area contributed by atoms with Crippen LogP contribution in [0.5, 0.6) is 0 Å². The van der Waals surface area contributed by atoms with Crippen LogP contribution in [0.4, 0.5) is 0 Å². The van der Waals surface area contributed by atoms with Crippen molar-refractivity contribution in [1.29, 1.82) is 0 Å². The van der Waals surface area contributed by atoms with Gasteiger partial charge in [-0.2, -0.15) is 0 Å². The van der Waals surface area contributed by atoms with E-state index in [4.69, 9.17) is 15.3 Å². The van der Waals surface area contributed by atoms with Gasteiger partial charge in [-0.1, -0.05) is 0 Å². The molecule has 0 aromatic heterocycles. The first-order valence-corrected chi connectivity index (χ1v) is 5.01. The Labute approximate surface area is 111 Å². The van der Waals surface area contributed by atoms with Crippen LogP contribution in [0.1, 0.15) is 25.7 Å². The van der Waals surface area contributed by atoms with Gasteiger partial charge in [0, 0.05) is 12.8 Å². The number of carboxylic acids is 4. The Bertz CT molecular complexity index is 382. The fourth-order valence-corrected chi connectivity index (χ4v) is 0.650. The number of carbonyl (C=O) groups is 6. The van der Waals surface area contributed by atoms with Crippen LogP contribution in [0.15, 0.2) is 0 Å². The highest BCUT2D eigenvalue weighted by Gasteiger charge is 2.12. The Kier molecular flexibility index (Phi) is 9.95. The molecule has 10 nitrogen and oxygen atoms in total. The van der Waals surface area contributed by atoms with Gasteiger partial charge in [0.05, 0.1) is 12.8 Å². The molecule has 0 aliphatic heterocycles. The van der Waals surface area contributed by atoms with E-state index in [1.54, 1.807) is 0 Å². The Morgan fingerprint density at radius 2 is 1.00 bits per heavy atom. The number of aliphatic carboxylic acids is 4. The van der Waals surface area contributed by atoms with Crippen LogP contribution in [-0.4, -0.2) is 50.8 Å². The molecule has 0 aliphatic rings. The smallest absolute Gasteiger partial charge is 0.372 e. The fourth-order valence-electron chi connectivity index (χ4n) is 0.650. The van der Waals surface area contributed by atoms with Gasteiger partial charge in [0.25, 0.3) is 0 Å². The SMILES string of the molecule is O=C(O)CCC(=O)C(=O)O.O=C(O)CCC(=O)C(=O)[O-]. The lowest BCUT2D eigenvalue weighted by Crippen LogP contribution is -2.31. The average Bonchev–Trinajstić information content (AvgIpc) is 2.33. The lowest BCUT2D eigenvalue weighted by molar-refractivity contribution is -0.300. The van der Waals surface area contributed by atoms with Crippen molar-refractivity contribution in [3.8, 4) is 0 Å². The van der Waals surface area contributed by atoms with E-state index in [2.05, 4.69) is 0 Å². The average molecular weight is 291 g/mol. The number of hydrogen-bond donors (Lipinski definition) is 3. The number of hydrogen-bond acceptors (Lipinski definition) is 7. The first kappa shape index (κ1) is 19.6. The third-order valence-corrected chi connectivity index (χ3v) is 1.60. The number of carboxylic acid groups (broad SMARTS) is 4. The highest BCUT2D eigenvalue weighted by Crippen LogP contribution is 1.90. The quantitative estimate of drug-likeness (QED) is 0.409. The zero-order valence-electron chi connectivity index (χ0n) is 10.0. The van der Waals surface area contributed by atoms with Crippen LogP contribution in [-0.2, 0) is 28.8 Å². The lowest BCUT2D eigenvalue weighted by Gasteiger charge is -1.96. The zero-order valence-corrected chi connectivity index (χ0v) is 10.0. The number of rotatable bonds is 8. The molecule has 0 rings (SSSR count). The van der Waals surface area contributed by atoms with Crippen molar-refractivity contribution in [2.75, 3.05) is 0 Å². The Morgan fingerprint density at radius 1 is 0.650 bits per heavy atom. The highest BCUT2D eigenvalue weighted by molar-refractivity contribution is 6.33. The second-order valence-electron chi connectivity index (χ2n) is 3.23. The van der Waals surface area contributed by atoms with Crippen LogP contribution < -0.4 is 5.11 Å². The molecule has 10 heteroatoms. The molecular weight excluding hydrogens is 280 g/mol.